The summed E-state index contributed by atoms with van der Waals surface area (Å²) in [4.78, 5) is 6.44. The lowest BCUT2D eigenvalue weighted by atomic mass is 10.1. The van der Waals surface area contributed by atoms with E-state index in [1.165, 1.54) is 0 Å². The molecule has 28 heavy (non-hydrogen) atoms. The maximum absolute atomic E-state index is 5.90. The molecule has 0 spiro atoms. The van der Waals surface area contributed by atoms with Crippen molar-refractivity contribution in [2.45, 2.75) is 31.9 Å². The lowest BCUT2D eigenvalue weighted by molar-refractivity contribution is -0.0320. The van der Waals surface area contributed by atoms with Crippen molar-refractivity contribution < 1.29 is 18.9 Å². The number of halogens is 1. The second kappa shape index (κ2) is 13.8. The van der Waals surface area contributed by atoms with Gasteiger partial charge in [0.05, 0.1) is 20.3 Å². The SMILES string of the molecule is CN=C(NCCCOC1CCOCC1)N(C)Cc1ccc(OC)cc1OC.I. The lowest BCUT2D eigenvalue weighted by Crippen LogP contribution is -2.39. The molecule has 1 aromatic rings. The van der Waals surface area contributed by atoms with Crippen molar-refractivity contribution in [2.75, 3.05) is 54.7 Å². The molecule has 1 aliphatic heterocycles. The van der Waals surface area contributed by atoms with Crippen molar-refractivity contribution in [3.8, 4) is 11.5 Å². The Morgan fingerprint density at radius 1 is 1.25 bits per heavy atom. The molecule has 0 atom stereocenters. The molecule has 1 fully saturated rings. The van der Waals surface area contributed by atoms with Gasteiger partial charge >= 0.3 is 0 Å². The molecule has 8 heteroatoms. The maximum atomic E-state index is 5.90. The highest BCUT2D eigenvalue weighted by atomic mass is 127. The molecule has 0 amide bonds. The fourth-order valence-corrected chi connectivity index (χ4v) is 3.06. The molecule has 7 nitrogen and oxygen atoms in total. The fraction of sp³-hybridized carbons (Fsp3) is 0.650. The number of guanidine groups is 1. The number of ether oxygens (including phenoxy) is 4. The molecule has 1 aromatic carbocycles. The molecule has 1 aliphatic rings. The predicted molar refractivity (Wildman–Crippen MR) is 122 cm³/mol. The van der Waals surface area contributed by atoms with E-state index in [-0.39, 0.29) is 24.0 Å². The van der Waals surface area contributed by atoms with Crippen LogP contribution in [-0.4, -0.2) is 71.6 Å². The van der Waals surface area contributed by atoms with Crippen molar-refractivity contribution in [1.29, 1.82) is 0 Å². The van der Waals surface area contributed by atoms with Gasteiger partial charge in [-0.2, -0.15) is 0 Å². The number of nitrogens with one attached hydrogen (secondary N) is 1. The van der Waals surface area contributed by atoms with Gasteiger partial charge in [0, 0.05) is 58.6 Å². The Labute approximate surface area is 185 Å². The van der Waals surface area contributed by atoms with E-state index in [0.717, 1.165) is 68.6 Å². The highest BCUT2D eigenvalue weighted by Crippen LogP contribution is 2.25. The van der Waals surface area contributed by atoms with Crippen molar-refractivity contribution in [1.82, 2.24) is 10.2 Å². The zero-order valence-electron chi connectivity index (χ0n) is 17.4. The van der Waals surface area contributed by atoms with E-state index in [0.29, 0.717) is 12.6 Å². The van der Waals surface area contributed by atoms with Gasteiger partial charge < -0.3 is 29.2 Å². The minimum Gasteiger partial charge on any atom is -0.497 e. The van der Waals surface area contributed by atoms with Gasteiger partial charge in [0.15, 0.2) is 5.96 Å². The molecule has 160 valence electrons. The van der Waals surface area contributed by atoms with E-state index < -0.39 is 0 Å². The van der Waals surface area contributed by atoms with Crippen LogP contribution in [0.5, 0.6) is 11.5 Å². The van der Waals surface area contributed by atoms with Crippen LogP contribution in [0.1, 0.15) is 24.8 Å². The molecule has 1 saturated heterocycles. The second-order valence-electron chi connectivity index (χ2n) is 6.54. The minimum absolute atomic E-state index is 0. The molecule has 0 aromatic heterocycles. The van der Waals surface area contributed by atoms with Gasteiger partial charge in [-0.15, -0.1) is 24.0 Å². The first kappa shape index (κ1) is 24.8. The summed E-state index contributed by atoms with van der Waals surface area (Å²) in [5.41, 5.74) is 1.08. The van der Waals surface area contributed by atoms with Gasteiger partial charge in [0.25, 0.3) is 0 Å². The normalized spacial score (nSPS) is 14.9. The van der Waals surface area contributed by atoms with Crippen LogP contribution < -0.4 is 14.8 Å². The summed E-state index contributed by atoms with van der Waals surface area (Å²) < 4.78 is 22.0. The van der Waals surface area contributed by atoms with E-state index in [2.05, 4.69) is 15.2 Å². The van der Waals surface area contributed by atoms with E-state index in [4.69, 9.17) is 18.9 Å². The Hall–Kier alpha value is -1.26. The van der Waals surface area contributed by atoms with Crippen molar-refractivity contribution in [2.24, 2.45) is 4.99 Å². The summed E-state index contributed by atoms with van der Waals surface area (Å²) in [6.07, 6.45) is 3.29. The average molecular weight is 507 g/mol. The van der Waals surface area contributed by atoms with Crippen LogP contribution >= 0.6 is 24.0 Å². The lowest BCUT2D eigenvalue weighted by Gasteiger charge is -2.24. The van der Waals surface area contributed by atoms with Gasteiger partial charge in [-0.3, -0.25) is 4.99 Å². The Morgan fingerprint density at radius 2 is 2.00 bits per heavy atom. The number of benzene rings is 1. The first-order valence-electron chi connectivity index (χ1n) is 9.50. The Morgan fingerprint density at radius 3 is 2.64 bits per heavy atom. The van der Waals surface area contributed by atoms with Gasteiger partial charge in [-0.25, -0.2) is 0 Å². The van der Waals surface area contributed by atoms with Gasteiger partial charge in [0.2, 0.25) is 0 Å². The zero-order chi connectivity index (χ0) is 19.5. The van der Waals surface area contributed by atoms with Gasteiger partial charge in [-0.05, 0) is 31.4 Å². The third-order valence-electron chi connectivity index (χ3n) is 4.60. The van der Waals surface area contributed by atoms with Gasteiger partial charge in [-0.1, -0.05) is 0 Å². The summed E-state index contributed by atoms with van der Waals surface area (Å²) in [6, 6.07) is 5.85. The number of rotatable bonds is 9. The second-order valence-corrected chi connectivity index (χ2v) is 6.54. The monoisotopic (exact) mass is 507 g/mol. The quantitative estimate of drug-likeness (QED) is 0.240. The third kappa shape index (κ3) is 8.00. The maximum Gasteiger partial charge on any atom is 0.193 e. The minimum atomic E-state index is 0. The predicted octanol–water partition coefficient (Wildman–Crippen LogP) is 2.91. The molecule has 2 rings (SSSR count). The highest BCUT2D eigenvalue weighted by molar-refractivity contribution is 14.0. The summed E-state index contributed by atoms with van der Waals surface area (Å²) in [5.74, 6) is 2.44. The number of aliphatic imine (C=N–C) groups is 1. The van der Waals surface area contributed by atoms with Gasteiger partial charge in [0.1, 0.15) is 11.5 Å². The van der Waals surface area contributed by atoms with Crippen molar-refractivity contribution in [3.05, 3.63) is 23.8 Å². The van der Waals surface area contributed by atoms with Crippen molar-refractivity contribution in [3.63, 3.8) is 0 Å². The Balaban J connectivity index is 0.00000392. The highest BCUT2D eigenvalue weighted by Gasteiger charge is 2.14. The Kier molecular flexibility index (Phi) is 12.2. The smallest absolute Gasteiger partial charge is 0.193 e. The van der Waals surface area contributed by atoms with E-state index in [1.54, 1.807) is 21.3 Å². The van der Waals surface area contributed by atoms with Crippen LogP contribution in [-0.2, 0) is 16.0 Å². The molecule has 0 aliphatic carbocycles. The zero-order valence-corrected chi connectivity index (χ0v) is 19.7. The van der Waals surface area contributed by atoms with E-state index >= 15 is 0 Å². The third-order valence-corrected chi connectivity index (χ3v) is 4.60. The summed E-state index contributed by atoms with van der Waals surface area (Å²) in [6.45, 7) is 3.89. The van der Waals surface area contributed by atoms with Crippen LogP contribution in [0, 0.1) is 0 Å². The largest absolute Gasteiger partial charge is 0.497 e. The molecular weight excluding hydrogens is 473 g/mol. The molecule has 0 radical (unpaired) electrons. The molecule has 0 unspecified atom stereocenters. The average Bonchev–Trinajstić information content (AvgIpc) is 2.71. The number of hydrogen-bond donors (Lipinski definition) is 1. The van der Waals surface area contributed by atoms with E-state index in [9.17, 15) is 0 Å². The van der Waals surface area contributed by atoms with E-state index in [1.807, 2.05) is 25.2 Å². The topological polar surface area (TPSA) is 64.6 Å². The standard InChI is InChI=1S/C20H33N3O4.HI/c1-21-20(22-10-5-11-27-17-8-12-26-13-9-17)23(2)15-16-6-7-18(24-3)14-19(16)25-4;/h6-7,14,17H,5,8-13,15H2,1-4H3,(H,21,22);1H. The molecule has 1 heterocycles. The number of methoxy groups -OCH3 is 2. The van der Waals surface area contributed by atoms with Crippen LogP contribution in [0.2, 0.25) is 0 Å². The summed E-state index contributed by atoms with van der Waals surface area (Å²) in [5, 5.41) is 3.39. The van der Waals surface area contributed by atoms with Crippen LogP contribution in [0.3, 0.4) is 0 Å². The number of hydrogen-bond acceptors (Lipinski definition) is 5. The molecule has 0 saturated carbocycles. The first-order valence-corrected chi connectivity index (χ1v) is 9.50. The Bertz CT molecular complexity index is 595. The molecular formula is C20H34IN3O4. The first-order chi connectivity index (χ1) is 13.2. The fourth-order valence-electron chi connectivity index (χ4n) is 3.06. The molecule has 0 bridgehead atoms. The van der Waals surface area contributed by atoms with Crippen LogP contribution in [0.25, 0.3) is 0 Å². The summed E-state index contributed by atoms with van der Waals surface area (Å²) in [7, 11) is 7.13. The van der Waals surface area contributed by atoms with Crippen LogP contribution in [0.4, 0.5) is 0 Å². The molecule has 1 N–H and O–H groups in total. The number of nitrogens with zero attached hydrogens (tertiary/aromatic N) is 2. The van der Waals surface area contributed by atoms with Crippen molar-refractivity contribution >= 4 is 29.9 Å². The summed E-state index contributed by atoms with van der Waals surface area (Å²) >= 11 is 0. The van der Waals surface area contributed by atoms with Crippen LogP contribution in [0.15, 0.2) is 23.2 Å².